The predicted molar refractivity (Wildman–Crippen MR) is 129 cm³/mol. The van der Waals surface area contributed by atoms with E-state index in [-0.39, 0.29) is 23.1 Å². The van der Waals surface area contributed by atoms with Crippen molar-refractivity contribution in [2.24, 2.45) is 0 Å². The topological polar surface area (TPSA) is 95.8 Å². The molecule has 1 fully saturated rings. The second-order valence-corrected chi connectivity index (χ2v) is 8.43. The summed E-state index contributed by atoms with van der Waals surface area (Å²) in [5.74, 6) is -0.381. The highest BCUT2D eigenvalue weighted by molar-refractivity contribution is 7.10. The van der Waals surface area contributed by atoms with E-state index in [4.69, 9.17) is 0 Å². The monoisotopic (exact) mass is 462 g/mol. The zero-order valence-electron chi connectivity index (χ0n) is 17.7. The molecule has 2 amide bonds. The minimum atomic E-state index is -0.501. The van der Waals surface area contributed by atoms with Gasteiger partial charge in [0.05, 0.1) is 4.92 Å². The van der Waals surface area contributed by atoms with Crippen LogP contribution in [0.15, 0.2) is 72.1 Å². The van der Waals surface area contributed by atoms with E-state index < -0.39 is 4.92 Å². The molecule has 0 radical (unpaired) electrons. The maximum Gasteiger partial charge on any atom is 0.293 e. The molecule has 0 saturated carbocycles. The molecule has 1 aromatic heterocycles. The van der Waals surface area contributed by atoms with Crippen LogP contribution < -0.4 is 5.32 Å². The van der Waals surface area contributed by atoms with Gasteiger partial charge in [0.1, 0.15) is 5.69 Å². The number of hydrogen-bond donors (Lipinski definition) is 1. The fourth-order valence-corrected chi connectivity index (χ4v) is 4.17. The number of carbonyl (C=O) groups excluding carboxylic acids is 2. The van der Waals surface area contributed by atoms with Crippen LogP contribution in [0.1, 0.15) is 15.2 Å². The van der Waals surface area contributed by atoms with Crippen molar-refractivity contribution in [2.45, 2.75) is 0 Å². The molecule has 1 aliphatic heterocycles. The summed E-state index contributed by atoms with van der Waals surface area (Å²) in [5.41, 5.74) is 1.11. The summed E-state index contributed by atoms with van der Waals surface area (Å²) in [6.45, 7) is 1.56. The van der Waals surface area contributed by atoms with E-state index in [1.807, 2.05) is 35.7 Å². The van der Waals surface area contributed by atoms with Gasteiger partial charge in [-0.15, -0.1) is 11.3 Å². The van der Waals surface area contributed by atoms with Crippen LogP contribution in [-0.2, 0) is 4.79 Å². The van der Waals surface area contributed by atoms with Gasteiger partial charge in [-0.3, -0.25) is 19.7 Å². The Morgan fingerprint density at radius 1 is 0.970 bits per heavy atom. The van der Waals surface area contributed by atoms with Crippen LogP contribution >= 0.6 is 11.3 Å². The summed E-state index contributed by atoms with van der Waals surface area (Å²) in [5, 5.41) is 16.6. The van der Waals surface area contributed by atoms with Gasteiger partial charge in [0, 0.05) is 54.4 Å². The Labute approximate surface area is 194 Å². The average molecular weight is 463 g/mol. The van der Waals surface area contributed by atoms with Gasteiger partial charge < -0.3 is 15.1 Å². The maximum absolute atomic E-state index is 13.0. The van der Waals surface area contributed by atoms with Crippen LogP contribution in [0.2, 0.25) is 0 Å². The van der Waals surface area contributed by atoms with Gasteiger partial charge in [0.15, 0.2) is 0 Å². The lowest BCUT2D eigenvalue weighted by Crippen LogP contribution is -2.50. The zero-order valence-corrected chi connectivity index (χ0v) is 18.5. The van der Waals surface area contributed by atoms with Crippen molar-refractivity contribution in [1.29, 1.82) is 0 Å². The van der Waals surface area contributed by atoms with Gasteiger partial charge in [0.25, 0.3) is 11.6 Å². The van der Waals surface area contributed by atoms with Crippen LogP contribution in [0.5, 0.6) is 0 Å². The number of nitro groups is 1. The minimum absolute atomic E-state index is 0.0949. The van der Waals surface area contributed by atoms with Crippen molar-refractivity contribution in [3.63, 3.8) is 0 Å². The average Bonchev–Trinajstić information content (AvgIpc) is 3.37. The highest BCUT2D eigenvalue weighted by atomic mass is 32.1. The number of para-hydroxylation sites is 1. The van der Waals surface area contributed by atoms with E-state index in [1.165, 1.54) is 6.07 Å². The first-order chi connectivity index (χ1) is 16.0. The smallest absolute Gasteiger partial charge is 0.293 e. The molecule has 168 valence electrons. The number of amides is 2. The third-order valence-corrected chi connectivity index (χ3v) is 6.14. The van der Waals surface area contributed by atoms with Gasteiger partial charge >= 0.3 is 0 Å². The second kappa shape index (κ2) is 10.1. The van der Waals surface area contributed by atoms with Crippen molar-refractivity contribution in [3.05, 3.63) is 92.7 Å². The highest BCUT2D eigenvalue weighted by Crippen LogP contribution is 2.29. The Balaban J connectivity index is 1.40. The molecule has 33 heavy (non-hydrogen) atoms. The van der Waals surface area contributed by atoms with E-state index >= 15 is 0 Å². The fourth-order valence-electron chi connectivity index (χ4n) is 3.56. The van der Waals surface area contributed by atoms with Gasteiger partial charge in [0.2, 0.25) is 5.91 Å². The van der Waals surface area contributed by atoms with E-state index in [9.17, 15) is 19.7 Å². The number of benzene rings is 2. The Morgan fingerprint density at radius 2 is 1.70 bits per heavy atom. The first-order valence-corrected chi connectivity index (χ1v) is 11.3. The Kier molecular flexibility index (Phi) is 6.80. The third-order valence-electron chi connectivity index (χ3n) is 5.31. The van der Waals surface area contributed by atoms with E-state index in [0.717, 1.165) is 4.88 Å². The quantitative estimate of drug-likeness (QED) is 0.333. The van der Waals surface area contributed by atoms with Crippen molar-refractivity contribution in [2.75, 3.05) is 31.5 Å². The van der Waals surface area contributed by atoms with Gasteiger partial charge in [-0.05, 0) is 41.8 Å². The molecule has 0 atom stereocenters. The lowest BCUT2D eigenvalue weighted by molar-refractivity contribution is -0.383. The first kappa shape index (κ1) is 22.2. The molecule has 1 N–H and O–H groups in total. The number of piperazine rings is 1. The van der Waals surface area contributed by atoms with Crippen LogP contribution in [0, 0.1) is 10.1 Å². The largest absolute Gasteiger partial charge is 0.350 e. The van der Waals surface area contributed by atoms with Gasteiger partial charge in [-0.1, -0.05) is 24.3 Å². The van der Waals surface area contributed by atoms with Crippen LogP contribution in [0.4, 0.5) is 17.1 Å². The van der Waals surface area contributed by atoms with Crippen LogP contribution in [-0.4, -0.2) is 52.7 Å². The maximum atomic E-state index is 13.0. The molecule has 2 heterocycles. The summed E-state index contributed by atoms with van der Waals surface area (Å²) in [7, 11) is 0. The molecule has 0 aliphatic carbocycles. The molecule has 1 aliphatic rings. The molecule has 2 aromatic carbocycles. The zero-order chi connectivity index (χ0) is 23.2. The van der Waals surface area contributed by atoms with E-state index in [2.05, 4.69) is 5.32 Å². The standard InChI is InChI=1S/C24H22N4O4S/c29-23(11-9-20-7-4-16-33-20)26-12-14-27(15-13-26)24(30)18-8-10-21(22(17-18)28(31)32)25-19-5-2-1-3-6-19/h1-11,16-17,25H,12-15H2. The molecular weight excluding hydrogens is 440 g/mol. The van der Waals surface area contributed by atoms with Gasteiger partial charge in [-0.25, -0.2) is 0 Å². The summed E-state index contributed by atoms with van der Waals surface area (Å²) < 4.78 is 0. The predicted octanol–water partition coefficient (Wildman–Crippen LogP) is 4.40. The molecule has 0 unspecified atom stereocenters. The number of nitrogens with zero attached hydrogens (tertiary/aromatic N) is 3. The minimum Gasteiger partial charge on any atom is -0.350 e. The number of thiophene rings is 1. The Bertz CT molecular complexity index is 1170. The van der Waals surface area contributed by atoms with Gasteiger partial charge in [-0.2, -0.15) is 0 Å². The number of hydrogen-bond acceptors (Lipinski definition) is 6. The van der Waals surface area contributed by atoms with Crippen molar-refractivity contribution >= 4 is 46.3 Å². The lowest BCUT2D eigenvalue weighted by Gasteiger charge is -2.34. The molecule has 3 aromatic rings. The molecule has 0 spiro atoms. The fraction of sp³-hybridized carbons (Fsp3) is 0.167. The summed E-state index contributed by atoms with van der Waals surface area (Å²) in [6.07, 6.45) is 3.33. The SMILES string of the molecule is O=C(C=Cc1cccs1)N1CCN(C(=O)c2ccc(Nc3ccccc3)c([N+](=O)[O-])c2)CC1. The molecule has 1 saturated heterocycles. The number of rotatable bonds is 6. The Morgan fingerprint density at radius 3 is 2.36 bits per heavy atom. The summed E-state index contributed by atoms with van der Waals surface area (Å²) in [4.78, 5) is 40.8. The normalized spacial score (nSPS) is 13.8. The molecule has 8 nitrogen and oxygen atoms in total. The number of nitrogens with one attached hydrogen (secondary N) is 1. The summed E-state index contributed by atoms with van der Waals surface area (Å²) in [6, 6.07) is 17.4. The second-order valence-electron chi connectivity index (χ2n) is 7.45. The van der Waals surface area contributed by atoms with E-state index in [1.54, 1.807) is 57.6 Å². The molecule has 0 bridgehead atoms. The molecule has 4 rings (SSSR count). The van der Waals surface area contributed by atoms with Crippen molar-refractivity contribution < 1.29 is 14.5 Å². The van der Waals surface area contributed by atoms with E-state index in [0.29, 0.717) is 37.6 Å². The number of carbonyl (C=O) groups is 2. The van der Waals surface area contributed by atoms with Crippen molar-refractivity contribution in [3.8, 4) is 0 Å². The molecular formula is C24H22N4O4S. The number of nitro benzene ring substituents is 1. The number of anilines is 2. The lowest BCUT2D eigenvalue weighted by atomic mass is 10.1. The summed E-state index contributed by atoms with van der Waals surface area (Å²) >= 11 is 1.55. The molecule has 9 heteroatoms. The van der Waals surface area contributed by atoms with Crippen LogP contribution in [0.25, 0.3) is 6.08 Å². The third kappa shape index (κ3) is 5.45. The highest BCUT2D eigenvalue weighted by Gasteiger charge is 2.26. The first-order valence-electron chi connectivity index (χ1n) is 10.4. The Hall–Kier alpha value is -3.98. The van der Waals surface area contributed by atoms with Crippen molar-refractivity contribution in [1.82, 2.24) is 9.80 Å². The van der Waals surface area contributed by atoms with Crippen LogP contribution in [0.3, 0.4) is 0 Å².